The van der Waals surface area contributed by atoms with E-state index in [9.17, 15) is 4.79 Å². The van der Waals surface area contributed by atoms with E-state index in [0.29, 0.717) is 0 Å². The molecule has 0 fully saturated rings. The molecule has 0 spiro atoms. The van der Waals surface area contributed by atoms with Crippen LogP contribution in [0, 0.1) is 6.92 Å². The zero-order valence-electron chi connectivity index (χ0n) is 12.4. The minimum absolute atomic E-state index is 0.000832. The molecular formula is C17H20O2S. The highest BCUT2D eigenvalue weighted by Crippen LogP contribution is 2.31. The molecule has 0 aliphatic rings. The number of rotatable bonds is 4. The first-order valence-corrected chi connectivity index (χ1v) is 7.51. The van der Waals surface area contributed by atoms with Gasteiger partial charge in [0.1, 0.15) is 5.75 Å². The Kier molecular flexibility index (Phi) is 4.29. The summed E-state index contributed by atoms with van der Waals surface area (Å²) in [5.41, 5.74) is 1.12. The second-order valence-corrected chi connectivity index (χ2v) is 7.16. The van der Waals surface area contributed by atoms with Crippen LogP contribution in [0.15, 0.2) is 36.4 Å². The molecule has 1 aromatic carbocycles. The van der Waals surface area contributed by atoms with Crippen LogP contribution in [-0.2, 0) is 5.41 Å². The maximum absolute atomic E-state index is 12.1. The van der Waals surface area contributed by atoms with Crippen molar-refractivity contribution in [3.8, 4) is 5.75 Å². The van der Waals surface area contributed by atoms with Crippen molar-refractivity contribution in [1.82, 2.24) is 0 Å². The average molecular weight is 288 g/mol. The molecule has 0 N–H and O–H groups in total. The number of Topliss-reactive ketones (excluding diaryl/α,β-unsaturated/α-hetero) is 1. The van der Waals surface area contributed by atoms with Gasteiger partial charge in [0, 0.05) is 4.88 Å². The van der Waals surface area contributed by atoms with Crippen molar-refractivity contribution in [2.75, 3.05) is 6.61 Å². The summed E-state index contributed by atoms with van der Waals surface area (Å²) < 4.78 is 5.75. The SMILES string of the molecule is Cc1ccc(C(=O)COc2ccccc2C(C)(C)C)s1. The highest BCUT2D eigenvalue weighted by atomic mass is 32.1. The molecule has 0 atom stereocenters. The van der Waals surface area contributed by atoms with E-state index in [-0.39, 0.29) is 17.8 Å². The van der Waals surface area contributed by atoms with Crippen molar-refractivity contribution >= 4 is 17.1 Å². The number of aryl methyl sites for hydroxylation is 1. The van der Waals surface area contributed by atoms with Crippen molar-refractivity contribution in [2.45, 2.75) is 33.1 Å². The van der Waals surface area contributed by atoms with Gasteiger partial charge in [-0.15, -0.1) is 11.3 Å². The van der Waals surface area contributed by atoms with Crippen molar-refractivity contribution in [2.24, 2.45) is 0 Å². The molecule has 2 rings (SSSR count). The summed E-state index contributed by atoms with van der Waals surface area (Å²) in [6.45, 7) is 8.50. The normalized spacial score (nSPS) is 11.4. The van der Waals surface area contributed by atoms with Gasteiger partial charge in [-0.05, 0) is 36.1 Å². The van der Waals surface area contributed by atoms with Gasteiger partial charge in [0.25, 0.3) is 0 Å². The Morgan fingerprint density at radius 2 is 1.85 bits per heavy atom. The third-order valence-corrected chi connectivity index (χ3v) is 4.11. The Morgan fingerprint density at radius 3 is 2.45 bits per heavy atom. The van der Waals surface area contributed by atoms with Crippen molar-refractivity contribution in [3.63, 3.8) is 0 Å². The summed E-state index contributed by atoms with van der Waals surface area (Å²) in [7, 11) is 0. The second-order valence-electron chi connectivity index (χ2n) is 5.87. The van der Waals surface area contributed by atoms with Crippen molar-refractivity contribution in [1.29, 1.82) is 0 Å². The quantitative estimate of drug-likeness (QED) is 0.768. The number of hydrogen-bond acceptors (Lipinski definition) is 3. The number of benzene rings is 1. The minimum atomic E-state index is -0.000832. The van der Waals surface area contributed by atoms with E-state index < -0.39 is 0 Å². The van der Waals surface area contributed by atoms with Gasteiger partial charge in [0.05, 0.1) is 4.88 Å². The Morgan fingerprint density at radius 1 is 1.15 bits per heavy atom. The predicted molar refractivity (Wildman–Crippen MR) is 84.0 cm³/mol. The molecule has 0 amide bonds. The van der Waals surface area contributed by atoms with E-state index in [2.05, 4.69) is 26.8 Å². The highest BCUT2D eigenvalue weighted by molar-refractivity contribution is 7.14. The lowest BCUT2D eigenvalue weighted by Crippen LogP contribution is -2.16. The fraction of sp³-hybridized carbons (Fsp3) is 0.353. The zero-order valence-corrected chi connectivity index (χ0v) is 13.2. The van der Waals surface area contributed by atoms with E-state index in [4.69, 9.17) is 4.74 Å². The summed E-state index contributed by atoms with van der Waals surface area (Å²) in [5.74, 6) is 0.827. The van der Waals surface area contributed by atoms with Crippen molar-refractivity contribution in [3.05, 3.63) is 51.7 Å². The molecule has 0 unspecified atom stereocenters. The maximum Gasteiger partial charge on any atom is 0.210 e. The molecule has 0 bridgehead atoms. The molecule has 0 aliphatic carbocycles. The van der Waals surface area contributed by atoms with E-state index >= 15 is 0 Å². The predicted octanol–water partition coefficient (Wildman–Crippen LogP) is 4.62. The van der Waals surface area contributed by atoms with Crippen LogP contribution in [0.25, 0.3) is 0 Å². The van der Waals surface area contributed by atoms with Gasteiger partial charge < -0.3 is 4.74 Å². The fourth-order valence-electron chi connectivity index (χ4n) is 2.01. The summed E-state index contributed by atoms with van der Waals surface area (Å²) in [5, 5.41) is 0. The van der Waals surface area contributed by atoms with E-state index in [0.717, 1.165) is 21.1 Å². The number of ether oxygens (including phenoxy) is 1. The maximum atomic E-state index is 12.1. The molecule has 0 radical (unpaired) electrons. The third-order valence-electron chi connectivity index (χ3n) is 3.07. The van der Waals surface area contributed by atoms with Crippen LogP contribution in [0.4, 0.5) is 0 Å². The van der Waals surface area contributed by atoms with Gasteiger partial charge in [0.15, 0.2) is 6.61 Å². The number of hydrogen-bond donors (Lipinski definition) is 0. The number of thiophene rings is 1. The van der Waals surface area contributed by atoms with Gasteiger partial charge in [-0.2, -0.15) is 0 Å². The average Bonchev–Trinajstić information content (AvgIpc) is 2.82. The Hall–Kier alpha value is -1.61. The van der Waals surface area contributed by atoms with Crippen LogP contribution in [-0.4, -0.2) is 12.4 Å². The largest absolute Gasteiger partial charge is 0.485 e. The van der Waals surface area contributed by atoms with Crippen LogP contribution in [0.2, 0.25) is 0 Å². The number of para-hydroxylation sites is 1. The highest BCUT2D eigenvalue weighted by Gasteiger charge is 2.19. The number of carbonyl (C=O) groups is 1. The third kappa shape index (κ3) is 3.48. The van der Waals surface area contributed by atoms with Crippen LogP contribution in [0.3, 0.4) is 0 Å². The molecule has 2 nitrogen and oxygen atoms in total. The lowest BCUT2D eigenvalue weighted by Gasteiger charge is -2.22. The van der Waals surface area contributed by atoms with Crippen LogP contribution in [0.5, 0.6) is 5.75 Å². The lowest BCUT2D eigenvalue weighted by atomic mass is 9.86. The molecule has 0 aliphatic heterocycles. The first-order chi connectivity index (χ1) is 9.38. The first kappa shape index (κ1) is 14.8. The summed E-state index contributed by atoms with van der Waals surface area (Å²) in [4.78, 5) is 14.0. The molecule has 3 heteroatoms. The molecule has 0 saturated heterocycles. The van der Waals surface area contributed by atoms with E-state index in [1.165, 1.54) is 11.3 Å². The molecule has 20 heavy (non-hydrogen) atoms. The molecule has 106 valence electrons. The molecule has 1 heterocycles. The standard InChI is InChI=1S/C17H20O2S/c1-12-9-10-16(20-12)14(18)11-19-15-8-6-5-7-13(15)17(2,3)4/h5-10H,11H2,1-4H3. The van der Waals surface area contributed by atoms with E-state index in [1.54, 1.807) is 0 Å². The number of ketones is 1. The lowest BCUT2D eigenvalue weighted by molar-refractivity contribution is 0.0924. The van der Waals surface area contributed by atoms with Gasteiger partial charge in [0.2, 0.25) is 5.78 Å². The Balaban J connectivity index is 2.10. The monoisotopic (exact) mass is 288 g/mol. The van der Waals surface area contributed by atoms with E-state index in [1.807, 2.05) is 37.3 Å². The summed E-state index contributed by atoms with van der Waals surface area (Å²) in [6, 6.07) is 11.7. The number of carbonyl (C=O) groups excluding carboxylic acids is 1. The summed E-state index contributed by atoms with van der Waals surface area (Å²) >= 11 is 1.51. The van der Waals surface area contributed by atoms with Crippen LogP contribution < -0.4 is 4.74 Å². The minimum Gasteiger partial charge on any atom is -0.485 e. The molecule has 1 aromatic heterocycles. The van der Waals surface area contributed by atoms with Gasteiger partial charge in [-0.25, -0.2) is 0 Å². The molecule has 0 saturated carbocycles. The van der Waals surface area contributed by atoms with Crippen molar-refractivity contribution < 1.29 is 9.53 Å². The van der Waals surface area contributed by atoms with Crippen LogP contribution >= 0.6 is 11.3 Å². The Labute approximate surface area is 124 Å². The molecule has 2 aromatic rings. The van der Waals surface area contributed by atoms with Gasteiger partial charge in [-0.1, -0.05) is 39.0 Å². The Bertz CT molecular complexity index is 605. The zero-order chi connectivity index (χ0) is 14.8. The second kappa shape index (κ2) is 5.80. The van der Waals surface area contributed by atoms with Crippen LogP contribution in [0.1, 0.15) is 40.9 Å². The van der Waals surface area contributed by atoms with Gasteiger partial charge in [-0.3, -0.25) is 4.79 Å². The smallest absolute Gasteiger partial charge is 0.210 e. The van der Waals surface area contributed by atoms with Gasteiger partial charge >= 0.3 is 0 Å². The summed E-state index contributed by atoms with van der Waals surface area (Å²) in [6.07, 6.45) is 0. The topological polar surface area (TPSA) is 26.3 Å². The fourth-order valence-corrected chi connectivity index (χ4v) is 2.80. The first-order valence-electron chi connectivity index (χ1n) is 6.70. The molecular weight excluding hydrogens is 268 g/mol.